The Kier molecular flexibility index (Phi) is 4.88. The summed E-state index contributed by atoms with van der Waals surface area (Å²) in [6, 6.07) is 0. The van der Waals surface area contributed by atoms with E-state index in [4.69, 9.17) is 0 Å². The van der Waals surface area contributed by atoms with Crippen LogP contribution in [0.2, 0.25) is 0 Å². The van der Waals surface area contributed by atoms with Gasteiger partial charge in [-0.15, -0.1) is 0 Å². The lowest BCUT2D eigenvalue weighted by atomic mass is 10.2. The van der Waals surface area contributed by atoms with Gasteiger partial charge in [-0.2, -0.15) is 17.6 Å². The van der Waals surface area contributed by atoms with E-state index >= 15 is 0 Å². The van der Waals surface area contributed by atoms with Crippen molar-refractivity contribution in [3.63, 3.8) is 0 Å². The van der Waals surface area contributed by atoms with Crippen molar-refractivity contribution in [1.82, 2.24) is 0 Å². The van der Waals surface area contributed by atoms with E-state index in [0.717, 1.165) is 0 Å². The molecule has 0 spiro atoms. The van der Waals surface area contributed by atoms with Gasteiger partial charge in [-0.1, -0.05) is 22.6 Å². The Morgan fingerprint density at radius 2 is 1.69 bits per heavy atom. The number of rotatable bonds is 3. The van der Waals surface area contributed by atoms with Crippen LogP contribution in [0.15, 0.2) is 11.9 Å². The minimum absolute atomic E-state index is 0.215. The van der Waals surface area contributed by atoms with Crippen molar-refractivity contribution < 1.29 is 22.0 Å². The van der Waals surface area contributed by atoms with Crippen molar-refractivity contribution in [3.8, 4) is 0 Å². The van der Waals surface area contributed by atoms with Crippen molar-refractivity contribution in [3.05, 3.63) is 11.9 Å². The summed E-state index contributed by atoms with van der Waals surface area (Å²) < 4.78 is 56.8. The Hall–Kier alpha value is 0.850. The number of hydrogen-bond acceptors (Lipinski definition) is 0. The third-order valence-electron chi connectivity index (χ3n) is 1.03. The third-order valence-corrected chi connectivity index (χ3v) is 2.07. The minimum atomic E-state index is -4.73. The molecule has 0 saturated heterocycles. The first-order chi connectivity index (χ1) is 5.59. The molecule has 0 radical (unpaired) electrons. The maximum absolute atomic E-state index is 12.5. The fourth-order valence-electron chi connectivity index (χ4n) is 0.442. The molecule has 0 rings (SSSR count). The number of alkyl halides is 6. The fourth-order valence-corrected chi connectivity index (χ4v) is 1.02. The number of allylic oxidation sites excluding steroid dienone is 2. The molecule has 7 heteroatoms. The Labute approximate surface area is 99.2 Å². The maximum atomic E-state index is 12.5. The van der Waals surface area contributed by atoms with E-state index in [1.54, 1.807) is 22.6 Å². The Balaban J connectivity index is 4.85. The second-order valence-electron chi connectivity index (χ2n) is 2.26. The lowest BCUT2D eigenvalue weighted by Crippen LogP contribution is -2.35. The maximum Gasteiger partial charge on any atom is 0.369 e. The highest BCUT2D eigenvalue weighted by Crippen LogP contribution is 2.45. The molecule has 0 saturated carbocycles. The average molecular weight is 426 g/mol. The summed E-state index contributed by atoms with van der Waals surface area (Å²) in [6.07, 6.45) is 0.465. The van der Waals surface area contributed by atoms with E-state index in [1.807, 2.05) is 0 Å². The third kappa shape index (κ3) is 3.84. The Morgan fingerprint density at radius 1 is 1.31 bits per heavy atom. The molecule has 0 heterocycles. The normalized spacial score (nSPS) is 17.4. The molecule has 0 bridgehead atoms. The summed E-state index contributed by atoms with van der Waals surface area (Å²) in [6.45, 7) is 1.40. The molecule has 0 aliphatic heterocycles. The van der Waals surface area contributed by atoms with Gasteiger partial charge in [0, 0.05) is 26.5 Å². The highest BCUT2D eigenvalue weighted by atomic mass is 127. The van der Waals surface area contributed by atoms with Crippen LogP contribution in [0.3, 0.4) is 0 Å². The van der Waals surface area contributed by atoms with Crippen LogP contribution in [0.4, 0.5) is 22.0 Å². The molecule has 0 aliphatic rings. The highest BCUT2D eigenvalue weighted by Gasteiger charge is 2.57. The van der Waals surface area contributed by atoms with Gasteiger partial charge in [-0.05, 0) is 13.0 Å². The molecule has 1 atom stereocenters. The van der Waals surface area contributed by atoms with Crippen LogP contribution in [-0.2, 0) is 0 Å². The molecule has 0 fully saturated rings. The summed E-state index contributed by atoms with van der Waals surface area (Å²) in [5.74, 6) is -6.82. The molecule has 13 heavy (non-hydrogen) atoms. The molecule has 0 amide bonds. The Morgan fingerprint density at radius 3 is 1.92 bits per heavy atom. The standard InChI is InChI=1S/C6H5F5I2/c1-3(12)2-4(7)5(8,9)6(10,11)13/h2-3H,1H3/b4-2-. The van der Waals surface area contributed by atoms with Gasteiger partial charge >= 0.3 is 9.85 Å². The van der Waals surface area contributed by atoms with Crippen molar-refractivity contribution in [1.29, 1.82) is 0 Å². The summed E-state index contributed by atoms with van der Waals surface area (Å²) in [5.41, 5.74) is 0. The van der Waals surface area contributed by atoms with Crippen LogP contribution in [-0.4, -0.2) is 13.8 Å². The molecular weight excluding hydrogens is 421 g/mol. The molecular formula is C6H5F5I2. The van der Waals surface area contributed by atoms with E-state index in [-0.39, 0.29) is 22.6 Å². The summed E-state index contributed by atoms with van der Waals surface area (Å²) >= 11 is 1.84. The zero-order valence-electron chi connectivity index (χ0n) is 6.30. The van der Waals surface area contributed by atoms with Gasteiger partial charge in [0.25, 0.3) is 0 Å². The molecule has 78 valence electrons. The largest absolute Gasteiger partial charge is 0.369 e. The van der Waals surface area contributed by atoms with Gasteiger partial charge in [0.1, 0.15) is 0 Å². The molecule has 1 unspecified atom stereocenters. The quantitative estimate of drug-likeness (QED) is 0.359. The lowest BCUT2D eigenvalue weighted by Gasteiger charge is -2.19. The van der Waals surface area contributed by atoms with Crippen molar-refractivity contribution in [2.24, 2.45) is 0 Å². The second kappa shape index (κ2) is 4.58. The van der Waals surface area contributed by atoms with E-state index < -0.39 is 19.6 Å². The van der Waals surface area contributed by atoms with E-state index in [9.17, 15) is 22.0 Å². The van der Waals surface area contributed by atoms with Gasteiger partial charge in [-0.3, -0.25) is 0 Å². The topological polar surface area (TPSA) is 0 Å². The first kappa shape index (κ1) is 13.8. The average Bonchev–Trinajstić information content (AvgIpc) is 1.82. The lowest BCUT2D eigenvalue weighted by molar-refractivity contribution is -0.124. The fraction of sp³-hybridized carbons (Fsp3) is 0.667. The summed E-state index contributed by atoms with van der Waals surface area (Å²) in [4.78, 5) is 0. The summed E-state index contributed by atoms with van der Waals surface area (Å²) in [7, 11) is 0. The predicted molar refractivity (Wildman–Crippen MR) is 56.6 cm³/mol. The van der Waals surface area contributed by atoms with Crippen LogP contribution >= 0.6 is 45.2 Å². The Bertz CT molecular complexity index is 206. The SMILES string of the molecule is CC(I)/C=C(\F)C(F)(F)C(F)(F)I. The van der Waals surface area contributed by atoms with E-state index in [2.05, 4.69) is 0 Å². The van der Waals surface area contributed by atoms with Crippen LogP contribution < -0.4 is 0 Å². The van der Waals surface area contributed by atoms with Gasteiger partial charge in [0.05, 0.1) is 0 Å². The van der Waals surface area contributed by atoms with E-state index in [0.29, 0.717) is 6.08 Å². The van der Waals surface area contributed by atoms with Crippen LogP contribution in [0.25, 0.3) is 0 Å². The van der Waals surface area contributed by atoms with Crippen molar-refractivity contribution in [2.75, 3.05) is 0 Å². The summed E-state index contributed by atoms with van der Waals surface area (Å²) in [5, 5.41) is 0. The van der Waals surface area contributed by atoms with Crippen LogP contribution in [0.1, 0.15) is 6.92 Å². The first-order valence-corrected chi connectivity index (χ1v) is 5.38. The van der Waals surface area contributed by atoms with Crippen molar-refractivity contribution >= 4 is 45.2 Å². The zero-order chi connectivity index (χ0) is 10.9. The minimum Gasteiger partial charge on any atom is -0.205 e. The smallest absolute Gasteiger partial charge is 0.205 e. The second-order valence-corrected chi connectivity index (χ2v) is 5.58. The molecule has 0 aromatic rings. The number of halogens is 7. The first-order valence-electron chi connectivity index (χ1n) is 3.05. The van der Waals surface area contributed by atoms with Gasteiger partial charge in [0.15, 0.2) is 5.83 Å². The van der Waals surface area contributed by atoms with Crippen molar-refractivity contribution in [2.45, 2.75) is 20.7 Å². The van der Waals surface area contributed by atoms with Gasteiger partial charge in [-0.25, -0.2) is 4.39 Å². The van der Waals surface area contributed by atoms with Crippen LogP contribution in [0.5, 0.6) is 0 Å². The predicted octanol–water partition coefficient (Wildman–Crippen LogP) is 4.33. The highest BCUT2D eigenvalue weighted by molar-refractivity contribution is 14.1. The zero-order valence-corrected chi connectivity index (χ0v) is 10.6. The van der Waals surface area contributed by atoms with Crippen LogP contribution in [0, 0.1) is 0 Å². The molecule has 0 aliphatic carbocycles. The monoisotopic (exact) mass is 426 g/mol. The molecule has 0 aromatic carbocycles. The molecule has 0 aromatic heterocycles. The molecule has 0 N–H and O–H groups in total. The van der Waals surface area contributed by atoms with E-state index in [1.165, 1.54) is 6.92 Å². The van der Waals surface area contributed by atoms with Gasteiger partial charge < -0.3 is 0 Å². The molecule has 0 nitrogen and oxygen atoms in total. The number of hydrogen-bond donors (Lipinski definition) is 0. The van der Waals surface area contributed by atoms with Gasteiger partial charge in [0.2, 0.25) is 0 Å².